The molecule has 0 atom stereocenters. The monoisotopic (exact) mass is 321 g/mol. The summed E-state index contributed by atoms with van der Waals surface area (Å²) in [7, 11) is 0. The Morgan fingerprint density at radius 2 is 2.09 bits per heavy atom. The topological polar surface area (TPSA) is 26.3 Å². The van der Waals surface area contributed by atoms with Crippen LogP contribution in [0.5, 0.6) is 0 Å². The minimum Gasteiger partial charge on any atom is -0.107 e. The van der Waals surface area contributed by atoms with Crippen LogP contribution in [0.3, 0.4) is 0 Å². The van der Waals surface area contributed by atoms with Gasteiger partial charge in [-0.3, -0.25) is 0 Å². The quantitative estimate of drug-likeness (QED) is 0.336. The molecule has 0 aromatic carbocycles. The van der Waals surface area contributed by atoms with Crippen LogP contribution in [0.2, 0.25) is 5.02 Å². The minimum absolute atomic E-state index is 0. The summed E-state index contributed by atoms with van der Waals surface area (Å²) in [6.07, 6.45) is 2.78. The molecule has 0 saturated heterocycles. The fraction of sp³-hybridized carbons (Fsp3) is 0.857. The SMILES string of the molecule is CCOC(=O)CCC[CH2][Zn].I. The van der Waals surface area contributed by atoms with Gasteiger partial charge in [0.1, 0.15) is 0 Å². The molecule has 2 nitrogen and oxygen atoms in total. The van der Waals surface area contributed by atoms with E-state index < -0.39 is 0 Å². The number of carbonyl (C=O) groups excluding carboxylic acids is 1. The average Bonchev–Trinajstić information content (AvgIpc) is 1.89. The van der Waals surface area contributed by atoms with Crippen molar-refractivity contribution in [3.8, 4) is 0 Å². The van der Waals surface area contributed by atoms with Crippen molar-refractivity contribution in [3.05, 3.63) is 0 Å². The Morgan fingerprint density at radius 3 is 2.55 bits per heavy atom. The van der Waals surface area contributed by atoms with Crippen LogP contribution in [0.15, 0.2) is 0 Å². The van der Waals surface area contributed by atoms with Crippen molar-refractivity contribution >= 4 is 29.9 Å². The van der Waals surface area contributed by atoms with Crippen molar-refractivity contribution < 1.29 is 27.8 Å². The Kier molecular flexibility index (Phi) is 14.1. The molecular formula is C7H14IO2Zn. The molecule has 0 saturated carbocycles. The van der Waals surface area contributed by atoms with E-state index in [4.69, 9.17) is 4.74 Å². The molecule has 0 bridgehead atoms. The summed E-state index contributed by atoms with van der Waals surface area (Å²) in [5.74, 6) is -0.0454. The number of unbranched alkanes of at least 4 members (excludes halogenated alkanes) is 1. The van der Waals surface area contributed by atoms with E-state index in [1.54, 1.807) is 0 Å². The molecule has 0 heterocycles. The van der Waals surface area contributed by atoms with E-state index in [9.17, 15) is 4.79 Å². The first-order valence-electron chi connectivity index (χ1n) is 3.76. The molecule has 11 heavy (non-hydrogen) atoms. The summed E-state index contributed by atoms with van der Waals surface area (Å²) in [6.45, 7) is 2.35. The van der Waals surface area contributed by atoms with Crippen molar-refractivity contribution in [3.63, 3.8) is 0 Å². The van der Waals surface area contributed by atoms with E-state index in [1.807, 2.05) is 6.92 Å². The van der Waals surface area contributed by atoms with Gasteiger partial charge in [0.2, 0.25) is 0 Å². The first-order valence-corrected chi connectivity index (χ1v) is 5.86. The van der Waals surface area contributed by atoms with Crippen molar-refractivity contribution in [1.82, 2.24) is 0 Å². The summed E-state index contributed by atoms with van der Waals surface area (Å²) in [5.41, 5.74) is 0. The Labute approximate surface area is 95.1 Å². The van der Waals surface area contributed by atoms with Crippen LogP contribution < -0.4 is 0 Å². The van der Waals surface area contributed by atoms with Gasteiger partial charge in [0.05, 0.1) is 0 Å². The minimum atomic E-state index is -0.0454. The Hall–Kier alpha value is 0.823. The second-order valence-corrected chi connectivity index (χ2v) is 3.60. The molecule has 0 rings (SSSR count). The number of halogens is 1. The van der Waals surface area contributed by atoms with Gasteiger partial charge < -0.3 is 0 Å². The fourth-order valence-electron chi connectivity index (χ4n) is 0.679. The van der Waals surface area contributed by atoms with Gasteiger partial charge in [-0.1, -0.05) is 0 Å². The summed E-state index contributed by atoms with van der Waals surface area (Å²) < 4.78 is 4.76. The maximum Gasteiger partial charge on any atom is -0.107 e. The van der Waals surface area contributed by atoms with Crippen molar-refractivity contribution in [2.24, 2.45) is 0 Å². The zero-order chi connectivity index (χ0) is 7.82. The van der Waals surface area contributed by atoms with Crippen LogP contribution in [0.1, 0.15) is 26.2 Å². The molecule has 0 fully saturated rings. The van der Waals surface area contributed by atoms with E-state index in [0.717, 1.165) is 6.42 Å². The van der Waals surface area contributed by atoms with Crippen LogP contribution >= 0.6 is 24.0 Å². The van der Waals surface area contributed by atoms with Gasteiger partial charge in [-0.25, -0.2) is 0 Å². The van der Waals surface area contributed by atoms with Gasteiger partial charge in [0.15, 0.2) is 0 Å². The largest absolute Gasteiger partial charge is 0.107 e. The van der Waals surface area contributed by atoms with Gasteiger partial charge in [0.25, 0.3) is 0 Å². The normalized spacial score (nSPS) is 8.64. The molecule has 0 aliphatic rings. The van der Waals surface area contributed by atoms with Crippen LogP contribution in [-0.4, -0.2) is 12.6 Å². The molecule has 0 aliphatic carbocycles. The van der Waals surface area contributed by atoms with Crippen LogP contribution in [0, 0.1) is 0 Å². The number of esters is 1. The molecule has 0 N–H and O–H groups in total. The molecule has 4 heteroatoms. The molecular weight excluding hydrogens is 308 g/mol. The van der Waals surface area contributed by atoms with E-state index >= 15 is 0 Å². The summed E-state index contributed by atoms with van der Waals surface area (Å²) in [4.78, 5) is 10.7. The second-order valence-electron chi connectivity index (χ2n) is 2.12. The second kappa shape index (κ2) is 10.8. The molecule has 0 unspecified atom stereocenters. The van der Waals surface area contributed by atoms with E-state index in [1.165, 1.54) is 29.7 Å². The van der Waals surface area contributed by atoms with Gasteiger partial charge >= 0.3 is 71.6 Å². The number of hydrogen-bond donors (Lipinski definition) is 0. The molecule has 63 valence electrons. The standard InChI is InChI=1S/C7H13O2.HI.Zn/c1-3-5-6-7(8)9-4-2;;/h1,3-6H2,2H3;1H;. The number of rotatable bonds is 5. The van der Waals surface area contributed by atoms with Crippen LogP contribution in [0.4, 0.5) is 0 Å². The number of carbonyl (C=O) groups is 1. The summed E-state index contributed by atoms with van der Waals surface area (Å²) in [5, 5.41) is 1.28. The zero-order valence-electron chi connectivity index (χ0n) is 6.97. The van der Waals surface area contributed by atoms with Gasteiger partial charge in [0, 0.05) is 0 Å². The first kappa shape index (κ1) is 14.4. The number of hydrogen-bond acceptors (Lipinski definition) is 2. The van der Waals surface area contributed by atoms with Crippen molar-refractivity contribution in [2.75, 3.05) is 6.61 Å². The van der Waals surface area contributed by atoms with Crippen molar-refractivity contribution in [2.45, 2.75) is 31.2 Å². The average molecular weight is 322 g/mol. The van der Waals surface area contributed by atoms with Crippen LogP contribution in [-0.2, 0) is 27.8 Å². The Balaban J connectivity index is 0. The molecule has 0 spiro atoms. The fourth-order valence-corrected chi connectivity index (χ4v) is 1.42. The summed E-state index contributed by atoms with van der Waals surface area (Å²) in [6, 6.07) is 0. The van der Waals surface area contributed by atoms with E-state index in [-0.39, 0.29) is 29.9 Å². The molecule has 0 amide bonds. The molecule has 0 aliphatic heterocycles. The molecule has 0 aromatic heterocycles. The number of ether oxygens (including phenoxy) is 1. The third kappa shape index (κ3) is 10.8. The Morgan fingerprint density at radius 1 is 1.45 bits per heavy atom. The third-order valence-corrected chi connectivity index (χ3v) is 2.24. The van der Waals surface area contributed by atoms with Crippen molar-refractivity contribution in [1.29, 1.82) is 0 Å². The van der Waals surface area contributed by atoms with Gasteiger partial charge in [-0.05, 0) is 0 Å². The first-order chi connectivity index (χ1) is 4.81. The van der Waals surface area contributed by atoms with E-state index in [2.05, 4.69) is 0 Å². The van der Waals surface area contributed by atoms with Crippen LogP contribution in [0.25, 0.3) is 0 Å². The predicted molar refractivity (Wildman–Crippen MR) is 50.7 cm³/mol. The molecule has 0 radical (unpaired) electrons. The summed E-state index contributed by atoms with van der Waals surface area (Å²) >= 11 is 1.34. The molecule has 0 aromatic rings. The third-order valence-electron chi connectivity index (χ3n) is 1.19. The predicted octanol–water partition coefficient (Wildman–Crippen LogP) is 2.30. The van der Waals surface area contributed by atoms with E-state index in [0.29, 0.717) is 13.0 Å². The Bertz CT molecular complexity index is 98.4. The smallest absolute Gasteiger partial charge is 0.107 e. The zero-order valence-corrected chi connectivity index (χ0v) is 12.3. The van der Waals surface area contributed by atoms with Gasteiger partial charge in [-0.2, -0.15) is 0 Å². The van der Waals surface area contributed by atoms with Gasteiger partial charge in [-0.15, -0.1) is 24.0 Å². The maximum atomic E-state index is 10.7. The maximum absolute atomic E-state index is 10.7.